The summed E-state index contributed by atoms with van der Waals surface area (Å²) in [5.41, 5.74) is 2.19. The molecule has 0 N–H and O–H groups in total. The van der Waals surface area contributed by atoms with Gasteiger partial charge in [-0.15, -0.1) is 0 Å². The first-order chi connectivity index (χ1) is 10.5. The Hall–Kier alpha value is -2.41. The molecule has 0 unspecified atom stereocenters. The number of aryl methyl sites for hydroxylation is 2. The molecule has 0 amide bonds. The fourth-order valence-corrected chi connectivity index (χ4v) is 2.63. The SMILES string of the molecule is Cc1cc(C)cc(OCCOC(=O)c2ccc([N+](=O)[O-])s2)c1. The van der Waals surface area contributed by atoms with E-state index in [0.717, 1.165) is 28.2 Å². The molecule has 0 bridgehead atoms. The van der Waals surface area contributed by atoms with Crippen LogP contribution in [0.5, 0.6) is 5.75 Å². The summed E-state index contributed by atoms with van der Waals surface area (Å²) in [6.45, 7) is 4.26. The molecule has 1 heterocycles. The molecule has 0 fully saturated rings. The Morgan fingerprint density at radius 3 is 2.45 bits per heavy atom. The lowest BCUT2D eigenvalue weighted by Gasteiger charge is -2.08. The zero-order valence-electron chi connectivity index (χ0n) is 12.2. The standard InChI is InChI=1S/C15H15NO5S/c1-10-7-11(2)9-12(8-10)20-5-6-21-15(17)13-3-4-14(22-13)16(18)19/h3-4,7-9H,5-6H2,1-2H3. The summed E-state index contributed by atoms with van der Waals surface area (Å²) in [5, 5.41) is 10.5. The van der Waals surface area contributed by atoms with Crippen molar-refractivity contribution in [2.24, 2.45) is 0 Å². The normalized spacial score (nSPS) is 10.3. The maximum atomic E-state index is 11.7. The topological polar surface area (TPSA) is 78.7 Å². The monoisotopic (exact) mass is 321 g/mol. The van der Waals surface area contributed by atoms with Crippen molar-refractivity contribution in [1.29, 1.82) is 0 Å². The maximum Gasteiger partial charge on any atom is 0.348 e. The molecule has 2 aromatic rings. The van der Waals surface area contributed by atoms with Gasteiger partial charge in [0, 0.05) is 6.07 Å². The van der Waals surface area contributed by atoms with E-state index in [2.05, 4.69) is 0 Å². The molecular formula is C15H15NO5S. The van der Waals surface area contributed by atoms with Crippen molar-refractivity contribution >= 4 is 22.3 Å². The van der Waals surface area contributed by atoms with Crippen molar-refractivity contribution in [1.82, 2.24) is 0 Å². The molecule has 22 heavy (non-hydrogen) atoms. The maximum absolute atomic E-state index is 11.7. The Kier molecular flexibility index (Phi) is 5.11. The molecule has 2 rings (SSSR count). The molecule has 0 aliphatic heterocycles. The van der Waals surface area contributed by atoms with Crippen molar-refractivity contribution in [3.63, 3.8) is 0 Å². The highest BCUT2D eigenvalue weighted by Crippen LogP contribution is 2.24. The smallest absolute Gasteiger partial charge is 0.348 e. The molecule has 6 nitrogen and oxygen atoms in total. The van der Waals surface area contributed by atoms with E-state index in [0.29, 0.717) is 0 Å². The average Bonchev–Trinajstić information content (AvgIpc) is 2.92. The van der Waals surface area contributed by atoms with Crippen molar-refractivity contribution < 1.29 is 19.2 Å². The first kappa shape index (κ1) is 16.0. The van der Waals surface area contributed by atoms with E-state index in [1.807, 2.05) is 32.0 Å². The Balaban J connectivity index is 1.80. The minimum Gasteiger partial charge on any atom is -0.490 e. The van der Waals surface area contributed by atoms with Gasteiger partial charge in [0.2, 0.25) is 0 Å². The first-order valence-corrected chi connectivity index (χ1v) is 7.40. The predicted molar refractivity (Wildman–Crippen MR) is 82.7 cm³/mol. The zero-order chi connectivity index (χ0) is 16.1. The molecule has 0 aliphatic rings. The second kappa shape index (κ2) is 7.04. The lowest BCUT2D eigenvalue weighted by atomic mass is 10.1. The van der Waals surface area contributed by atoms with Crippen LogP contribution in [0.15, 0.2) is 30.3 Å². The van der Waals surface area contributed by atoms with Crippen LogP contribution in [0.1, 0.15) is 20.8 Å². The molecule has 116 valence electrons. The van der Waals surface area contributed by atoms with Gasteiger partial charge in [0.25, 0.3) is 0 Å². The van der Waals surface area contributed by atoms with E-state index in [4.69, 9.17) is 9.47 Å². The molecular weight excluding hydrogens is 306 g/mol. The quantitative estimate of drug-likeness (QED) is 0.352. The van der Waals surface area contributed by atoms with Crippen LogP contribution in [0.25, 0.3) is 0 Å². The molecule has 0 aliphatic carbocycles. The lowest BCUT2D eigenvalue weighted by Crippen LogP contribution is -2.11. The van der Waals surface area contributed by atoms with Crippen LogP contribution in [0.2, 0.25) is 0 Å². The fraction of sp³-hybridized carbons (Fsp3) is 0.267. The highest BCUT2D eigenvalue weighted by molar-refractivity contribution is 7.17. The predicted octanol–water partition coefficient (Wildman–Crippen LogP) is 3.51. The van der Waals surface area contributed by atoms with E-state index in [9.17, 15) is 14.9 Å². The second-order valence-corrected chi connectivity index (χ2v) is 5.77. The third-order valence-electron chi connectivity index (χ3n) is 2.75. The summed E-state index contributed by atoms with van der Waals surface area (Å²) in [5.74, 6) is 0.141. The Morgan fingerprint density at radius 1 is 1.18 bits per heavy atom. The minimum absolute atomic E-state index is 0.0809. The molecule has 0 spiro atoms. The highest BCUT2D eigenvalue weighted by atomic mass is 32.1. The van der Waals surface area contributed by atoms with Gasteiger partial charge < -0.3 is 9.47 Å². The van der Waals surface area contributed by atoms with Crippen LogP contribution >= 0.6 is 11.3 Å². The number of hydrogen-bond donors (Lipinski definition) is 0. The lowest BCUT2D eigenvalue weighted by molar-refractivity contribution is -0.380. The summed E-state index contributed by atoms with van der Waals surface area (Å²) in [7, 11) is 0. The van der Waals surface area contributed by atoms with Crippen molar-refractivity contribution in [3.8, 4) is 5.75 Å². The molecule has 1 aromatic heterocycles. The summed E-state index contributed by atoms with van der Waals surface area (Å²) in [6.07, 6.45) is 0. The van der Waals surface area contributed by atoms with Crippen LogP contribution in [0.4, 0.5) is 5.00 Å². The number of carbonyl (C=O) groups is 1. The van der Waals surface area contributed by atoms with Gasteiger partial charge in [-0.05, 0) is 43.2 Å². The van der Waals surface area contributed by atoms with E-state index in [-0.39, 0.29) is 23.1 Å². The van der Waals surface area contributed by atoms with Crippen LogP contribution in [-0.2, 0) is 4.74 Å². The van der Waals surface area contributed by atoms with Gasteiger partial charge in [-0.1, -0.05) is 17.4 Å². The summed E-state index contributed by atoms with van der Waals surface area (Å²) < 4.78 is 10.5. The van der Waals surface area contributed by atoms with Crippen molar-refractivity contribution in [2.45, 2.75) is 13.8 Å². The third kappa shape index (κ3) is 4.29. The Bertz CT molecular complexity index is 675. The molecule has 0 saturated heterocycles. The number of nitrogens with zero attached hydrogens (tertiary/aromatic N) is 1. The van der Waals surface area contributed by atoms with Gasteiger partial charge in [0.05, 0.1) is 4.92 Å². The molecule has 1 aromatic carbocycles. The number of benzene rings is 1. The van der Waals surface area contributed by atoms with Gasteiger partial charge in [-0.25, -0.2) is 4.79 Å². The zero-order valence-corrected chi connectivity index (χ0v) is 13.0. The second-order valence-electron chi connectivity index (χ2n) is 4.70. The van der Waals surface area contributed by atoms with Crippen LogP contribution in [0, 0.1) is 24.0 Å². The fourth-order valence-electron chi connectivity index (χ4n) is 1.92. The highest BCUT2D eigenvalue weighted by Gasteiger charge is 2.16. The largest absolute Gasteiger partial charge is 0.490 e. The summed E-state index contributed by atoms with van der Waals surface area (Å²) >= 11 is 0.793. The summed E-state index contributed by atoms with van der Waals surface area (Å²) in [4.78, 5) is 21.9. The van der Waals surface area contributed by atoms with E-state index in [1.165, 1.54) is 12.1 Å². The van der Waals surface area contributed by atoms with Crippen molar-refractivity contribution in [2.75, 3.05) is 13.2 Å². The Morgan fingerprint density at radius 2 is 1.86 bits per heavy atom. The van der Waals surface area contributed by atoms with Crippen LogP contribution < -0.4 is 4.74 Å². The number of esters is 1. The number of ether oxygens (including phenoxy) is 2. The van der Waals surface area contributed by atoms with Gasteiger partial charge in [-0.2, -0.15) is 0 Å². The molecule has 7 heteroatoms. The van der Waals surface area contributed by atoms with Gasteiger partial charge in [-0.3, -0.25) is 10.1 Å². The number of rotatable bonds is 6. The summed E-state index contributed by atoms with van der Waals surface area (Å²) in [6, 6.07) is 8.51. The van der Waals surface area contributed by atoms with Crippen molar-refractivity contribution in [3.05, 3.63) is 56.5 Å². The first-order valence-electron chi connectivity index (χ1n) is 6.58. The van der Waals surface area contributed by atoms with E-state index < -0.39 is 10.9 Å². The Labute approximate surface area is 131 Å². The van der Waals surface area contributed by atoms with E-state index >= 15 is 0 Å². The number of thiophene rings is 1. The number of carbonyl (C=O) groups excluding carboxylic acids is 1. The molecule has 0 atom stereocenters. The molecule has 0 saturated carbocycles. The molecule has 0 radical (unpaired) electrons. The van der Waals surface area contributed by atoms with Gasteiger partial charge in [0.15, 0.2) is 0 Å². The van der Waals surface area contributed by atoms with Crippen LogP contribution in [-0.4, -0.2) is 24.1 Å². The van der Waals surface area contributed by atoms with Gasteiger partial charge in [0.1, 0.15) is 23.8 Å². The average molecular weight is 321 g/mol. The minimum atomic E-state index is -0.581. The number of nitro groups is 1. The number of hydrogen-bond acceptors (Lipinski definition) is 6. The van der Waals surface area contributed by atoms with Crippen LogP contribution in [0.3, 0.4) is 0 Å². The van der Waals surface area contributed by atoms with E-state index in [1.54, 1.807) is 0 Å². The van der Waals surface area contributed by atoms with Gasteiger partial charge >= 0.3 is 11.0 Å². The third-order valence-corrected chi connectivity index (χ3v) is 3.77.